The Kier molecular flexibility index (Phi) is 2.19. The van der Waals surface area contributed by atoms with Gasteiger partial charge in [0.15, 0.2) is 0 Å². The van der Waals surface area contributed by atoms with Crippen LogP contribution in [0.2, 0.25) is 0 Å². The van der Waals surface area contributed by atoms with Crippen molar-refractivity contribution in [2.75, 3.05) is 5.73 Å². The van der Waals surface area contributed by atoms with Crippen LogP contribution in [0, 0.1) is 6.92 Å². The summed E-state index contributed by atoms with van der Waals surface area (Å²) in [5.41, 5.74) is 9.47. The Labute approximate surface area is 104 Å². The molecule has 3 nitrogen and oxygen atoms in total. The normalized spacial score (nSPS) is 11.2. The second-order valence-corrected chi connectivity index (χ2v) is 5.45. The molecule has 86 valence electrons. The van der Waals surface area contributed by atoms with E-state index in [1.807, 2.05) is 19.4 Å². The topological polar surface area (TPSA) is 43.8 Å². The molecular weight excluding hydrogens is 230 g/mol. The van der Waals surface area contributed by atoms with Crippen LogP contribution in [-0.2, 0) is 7.05 Å². The zero-order valence-corrected chi connectivity index (χ0v) is 10.6. The second kappa shape index (κ2) is 3.60. The van der Waals surface area contributed by atoms with Gasteiger partial charge in [-0.3, -0.25) is 4.98 Å². The predicted molar refractivity (Wildman–Crippen MR) is 73.2 cm³/mol. The minimum Gasteiger partial charge on any atom is -0.391 e. The molecule has 3 aromatic heterocycles. The molecule has 0 saturated carbocycles. The molecule has 0 atom stereocenters. The molecule has 0 aliphatic heterocycles. The number of nitrogen functional groups attached to an aromatic ring is 1. The number of anilines is 1. The summed E-state index contributed by atoms with van der Waals surface area (Å²) in [6, 6.07) is 4.10. The summed E-state index contributed by atoms with van der Waals surface area (Å²) in [7, 11) is 2.04. The summed E-state index contributed by atoms with van der Waals surface area (Å²) in [5.74, 6) is 0. The number of pyridine rings is 1. The third-order valence-electron chi connectivity index (χ3n) is 3.02. The van der Waals surface area contributed by atoms with Crippen LogP contribution in [-0.4, -0.2) is 9.55 Å². The first-order valence-corrected chi connectivity index (χ1v) is 6.24. The molecule has 3 heterocycles. The number of hydrogen-bond acceptors (Lipinski definition) is 3. The first-order chi connectivity index (χ1) is 8.16. The molecule has 0 unspecified atom stereocenters. The number of nitrogens with two attached hydrogens (primary N) is 1. The van der Waals surface area contributed by atoms with Crippen molar-refractivity contribution in [1.29, 1.82) is 0 Å². The fourth-order valence-corrected chi connectivity index (χ4v) is 3.02. The fraction of sp³-hybridized carbons (Fsp3) is 0.154. The number of aryl methyl sites for hydroxylation is 2. The van der Waals surface area contributed by atoms with Crippen molar-refractivity contribution in [3.05, 3.63) is 35.6 Å². The summed E-state index contributed by atoms with van der Waals surface area (Å²) in [6.45, 7) is 2.11. The third kappa shape index (κ3) is 1.52. The second-order valence-electron chi connectivity index (χ2n) is 4.17. The lowest BCUT2D eigenvalue weighted by molar-refractivity contribution is 0.966. The summed E-state index contributed by atoms with van der Waals surface area (Å²) < 4.78 is 2.10. The smallest absolute Gasteiger partial charge is 0.0865 e. The Bertz CT molecular complexity index is 694. The highest BCUT2D eigenvalue weighted by Crippen LogP contribution is 2.36. The molecule has 17 heavy (non-hydrogen) atoms. The Hall–Kier alpha value is -1.81. The molecule has 0 spiro atoms. The van der Waals surface area contributed by atoms with Gasteiger partial charge in [0, 0.05) is 35.3 Å². The monoisotopic (exact) mass is 243 g/mol. The zero-order valence-electron chi connectivity index (χ0n) is 9.77. The predicted octanol–water partition coefficient (Wildman–Crippen LogP) is 3.19. The van der Waals surface area contributed by atoms with Crippen molar-refractivity contribution >= 4 is 27.2 Å². The van der Waals surface area contributed by atoms with Gasteiger partial charge in [0.05, 0.1) is 16.7 Å². The van der Waals surface area contributed by atoms with Crippen molar-refractivity contribution in [3.63, 3.8) is 0 Å². The number of fused-ring (bicyclic) bond motifs is 1. The first-order valence-electron chi connectivity index (χ1n) is 5.42. The molecule has 0 amide bonds. The molecule has 0 aliphatic rings. The highest BCUT2D eigenvalue weighted by atomic mass is 32.1. The van der Waals surface area contributed by atoms with Crippen LogP contribution in [0.25, 0.3) is 22.0 Å². The lowest BCUT2D eigenvalue weighted by Crippen LogP contribution is -1.83. The Morgan fingerprint density at radius 2 is 2.18 bits per heavy atom. The quantitative estimate of drug-likeness (QED) is 0.713. The van der Waals surface area contributed by atoms with E-state index in [2.05, 4.69) is 34.8 Å². The number of aromatic nitrogens is 2. The van der Waals surface area contributed by atoms with Crippen LogP contribution >= 0.6 is 11.3 Å². The van der Waals surface area contributed by atoms with Gasteiger partial charge in [0.2, 0.25) is 0 Å². The van der Waals surface area contributed by atoms with Gasteiger partial charge in [-0.2, -0.15) is 0 Å². The van der Waals surface area contributed by atoms with Crippen molar-refractivity contribution in [1.82, 2.24) is 9.55 Å². The standard InChI is InChI=1S/C13H13N3S/c1-8-10(5-13(14)17-8)11-7-16(2)12-6-15-4-3-9(11)12/h3-7H,14H2,1-2H3. The molecule has 0 bridgehead atoms. The summed E-state index contributed by atoms with van der Waals surface area (Å²) >= 11 is 1.63. The first kappa shape index (κ1) is 10.4. The number of hydrogen-bond donors (Lipinski definition) is 1. The summed E-state index contributed by atoms with van der Waals surface area (Å²) in [4.78, 5) is 5.42. The summed E-state index contributed by atoms with van der Waals surface area (Å²) in [5, 5.41) is 2.09. The van der Waals surface area contributed by atoms with Gasteiger partial charge >= 0.3 is 0 Å². The third-order valence-corrected chi connectivity index (χ3v) is 3.90. The van der Waals surface area contributed by atoms with Crippen LogP contribution in [0.5, 0.6) is 0 Å². The van der Waals surface area contributed by atoms with Gasteiger partial charge in [-0.25, -0.2) is 0 Å². The van der Waals surface area contributed by atoms with Crippen molar-refractivity contribution < 1.29 is 0 Å². The van der Waals surface area contributed by atoms with E-state index in [-0.39, 0.29) is 0 Å². The number of nitrogens with zero attached hydrogens (tertiary/aromatic N) is 2. The van der Waals surface area contributed by atoms with Crippen molar-refractivity contribution in [3.8, 4) is 11.1 Å². The zero-order chi connectivity index (χ0) is 12.0. The molecule has 3 rings (SSSR count). The largest absolute Gasteiger partial charge is 0.391 e. The van der Waals surface area contributed by atoms with E-state index in [9.17, 15) is 0 Å². The van der Waals surface area contributed by atoms with E-state index in [4.69, 9.17) is 5.73 Å². The van der Waals surface area contributed by atoms with Crippen LogP contribution in [0.4, 0.5) is 5.00 Å². The molecule has 2 N–H and O–H groups in total. The number of thiophene rings is 1. The molecule has 4 heteroatoms. The molecule has 0 aliphatic carbocycles. The average molecular weight is 243 g/mol. The molecule has 0 saturated heterocycles. The Morgan fingerprint density at radius 1 is 1.35 bits per heavy atom. The SMILES string of the molecule is Cc1sc(N)cc1-c1cn(C)c2cnccc12. The van der Waals surface area contributed by atoms with E-state index < -0.39 is 0 Å². The Morgan fingerprint density at radius 3 is 2.88 bits per heavy atom. The molecule has 3 aromatic rings. The van der Waals surface area contributed by atoms with Gasteiger partial charge in [-0.1, -0.05) is 0 Å². The van der Waals surface area contributed by atoms with Crippen LogP contribution in [0.1, 0.15) is 4.88 Å². The van der Waals surface area contributed by atoms with Crippen LogP contribution < -0.4 is 5.73 Å². The number of rotatable bonds is 1. The molecule has 0 aromatic carbocycles. The van der Waals surface area contributed by atoms with Gasteiger partial charge in [0.25, 0.3) is 0 Å². The van der Waals surface area contributed by atoms with E-state index in [1.165, 1.54) is 21.4 Å². The molecule has 0 radical (unpaired) electrons. The fourth-order valence-electron chi connectivity index (χ4n) is 2.21. The van der Waals surface area contributed by atoms with Crippen LogP contribution in [0.3, 0.4) is 0 Å². The molecular formula is C13H13N3S. The average Bonchev–Trinajstić information content (AvgIpc) is 2.80. The lowest BCUT2D eigenvalue weighted by atomic mass is 10.1. The highest BCUT2D eigenvalue weighted by Gasteiger charge is 2.12. The van der Waals surface area contributed by atoms with E-state index in [0.717, 1.165) is 10.5 Å². The summed E-state index contributed by atoms with van der Waals surface area (Å²) in [6.07, 6.45) is 5.86. The highest BCUT2D eigenvalue weighted by molar-refractivity contribution is 7.16. The Balaban J connectivity index is 2.34. The lowest BCUT2D eigenvalue weighted by Gasteiger charge is -1.96. The van der Waals surface area contributed by atoms with Gasteiger partial charge in [-0.05, 0) is 24.6 Å². The van der Waals surface area contributed by atoms with Crippen LogP contribution in [0.15, 0.2) is 30.7 Å². The van der Waals surface area contributed by atoms with E-state index in [0.29, 0.717) is 0 Å². The maximum absolute atomic E-state index is 5.87. The van der Waals surface area contributed by atoms with Gasteiger partial charge < -0.3 is 10.3 Å². The van der Waals surface area contributed by atoms with E-state index in [1.54, 1.807) is 11.3 Å². The van der Waals surface area contributed by atoms with Crippen molar-refractivity contribution in [2.45, 2.75) is 6.92 Å². The minimum absolute atomic E-state index is 0.864. The van der Waals surface area contributed by atoms with Gasteiger partial charge in [-0.15, -0.1) is 11.3 Å². The van der Waals surface area contributed by atoms with Gasteiger partial charge in [0.1, 0.15) is 0 Å². The minimum atomic E-state index is 0.864. The molecule has 0 fully saturated rings. The van der Waals surface area contributed by atoms with E-state index >= 15 is 0 Å². The maximum atomic E-state index is 5.87. The maximum Gasteiger partial charge on any atom is 0.0865 e. The van der Waals surface area contributed by atoms with Crippen molar-refractivity contribution in [2.24, 2.45) is 7.05 Å².